The van der Waals surface area contributed by atoms with Crippen molar-refractivity contribution in [3.8, 4) is 0 Å². The first kappa shape index (κ1) is 12.6. The van der Waals surface area contributed by atoms with Gasteiger partial charge in [-0.1, -0.05) is 0 Å². The molecule has 1 aliphatic heterocycles. The van der Waals surface area contributed by atoms with Crippen LogP contribution in [0, 0.1) is 13.8 Å². The lowest BCUT2D eigenvalue weighted by atomic mass is 10.0. The summed E-state index contributed by atoms with van der Waals surface area (Å²) in [7, 11) is 2.19. The van der Waals surface area contributed by atoms with Crippen LogP contribution >= 0.6 is 0 Å². The molecular formula is C13H24N4. The van der Waals surface area contributed by atoms with Crippen LogP contribution in [-0.2, 0) is 6.42 Å². The Hall–Kier alpha value is -0.870. The van der Waals surface area contributed by atoms with Crippen LogP contribution < -0.4 is 5.73 Å². The lowest BCUT2D eigenvalue weighted by molar-refractivity contribution is 0.210. The van der Waals surface area contributed by atoms with E-state index in [-0.39, 0.29) is 0 Å². The molecule has 0 aliphatic carbocycles. The lowest BCUT2D eigenvalue weighted by Gasteiger charge is -2.29. The second kappa shape index (κ2) is 5.19. The van der Waals surface area contributed by atoms with Gasteiger partial charge in [-0.2, -0.15) is 5.10 Å². The van der Waals surface area contributed by atoms with Crippen molar-refractivity contribution in [3.63, 3.8) is 0 Å². The number of piperidine rings is 1. The average molecular weight is 236 g/mol. The van der Waals surface area contributed by atoms with Crippen molar-refractivity contribution < 1.29 is 0 Å². The van der Waals surface area contributed by atoms with Crippen molar-refractivity contribution in [2.24, 2.45) is 5.73 Å². The highest BCUT2D eigenvalue weighted by Gasteiger charge is 2.22. The monoisotopic (exact) mass is 236 g/mol. The van der Waals surface area contributed by atoms with Crippen molar-refractivity contribution in [3.05, 3.63) is 17.0 Å². The van der Waals surface area contributed by atoms with Gasteiger partial charge in [-0.3, -0.25) is 4.68 Å². The Morgan fingerprint density at radius 1 is 1.29 bits per heavy atom. The SMILES string of the molecule is Cc1nn(C2CCN(C)CC2)c(C)c1CCN. The highest BCUT2D eigenvalue weighted by Crippen LogP contribution is 2.25. The molecule has 0 saturated carbocycles. The van der Waals surface area contributed by atoms with Crippen LogP contribution in [0.4, 0.5) is 0 Å². The van der Waals surface area contributed by atoms with E-state index in [2.05, 4.69) is 30.5 Å². The molecule has 0 aromatic carbocycles. The number of aromatic nitrogens is 2. The van der Waals surface area contributed by atoms with Gasteiger partial charge >= 0.3 is 0 Å². The molecule has 1 saturated heterocycles. The van der Waals surface area contributed by atoms with Gasteiger partial charge in [0.05, 0.1) is 11.7 Å². The molecule has 0 spiro atoms. The average Bonchev–Trinajstić information content (AvgIpc) is 2.59. The summed E-state index contributed by atoms with van der Waals surface area (Å²) in [5.74, 6) is 0. The number of nitrogens with zero attached hydrogens (tertiary/aromatic N) is 3. The first-order valence-electron chi connectivity index (χ1n) is 6.56. The van der Waals surface area contributed by atoms with E-state index >= 15 is 0 Å². The number of hydrogen-bond acceptors (Lipinski definition) is 3. The van der Waals surface area contributed by atoms with Crippen LogP contribution in [0.3, 0.4) is 0 Å². The summed E-state index contributed by atoms with van der Waals surface area (Å²) >= 11 is 0. The molecule has 1 aromatic heterocycles. The van der Waals surface area contributed by atoms with E-state index in [0.717, 1.165) is 12.1 Å². The molecule has 17 heavy (non-hydrogen) atoms. The van der Waals surface area contributed by atoms with Gasteiger partial charge in [-0.25, -0.2) is 0 Å². The van der Waals surface area contributed by atoms with Crippen LogP contribution in [-0.4, -0.2) is 41.4 Å². The summed E-state index contributed by atoms with van der Waals surface area (Å²) in [6.45, 7) is 7.35. The maximum absolute atomic E-state index is 5.66. The summed E-state index contributed by atoms with van der Waals surface area (Å²) in [4.78, 5) is 2.39. The molecule has 1 fully saturated rings. The summed E-state index contributed by atoms with van der Waals surface area (Å²) in [5.41, 5.74) is 9.49. The highest BCUT2D eigenvalue weighted by atomic mass is 15.3. The molecule has 1 aromatic rings. The third-order valence-electron chi connectivity index (χ3n) is 3.90. The van der Waals surface area contributed by atoms with E-state index in [1.54, 1.807) is 0 Å². The molecule has 2 rings (SSSR count). The third-order valence-corrected chi connectivity index (χ3v) is 3.90. The Bertz CT molecular complexity index is 375. The molecule has 0 radical (unpaired) electrons. The zero-order valence-corrected chi connectivity index (χ0v) is 11.2. The maximum atomic E-state index is 5.66. The molecular weight excluding hydrogens is 212 g/mol. The minimum atomic E-state index is 0.580. The largest absolute Gasteiger partial charge is 0.330 e. The zero-order chi connectivity index (χ0) is 12.4. The topological polar surface area (TPSA) is 47.1 Å². The first-order valence-corrected chi connectivity index (χ1v) is 6.56. The molecule has 2 heterocycles. The predicted molar refractivity (Wildman–Crippen MR) is 70.2 cm³/mol. The Balaban J connectivity index is 2.18. The van der Waals surface area contributed by atoms with Gasteiger partial charge in [-0.05, 0) is 65.4 Å². The van der Waals surface area contributed by atoms with E-state index < -0.39 is 0 Å². The van der Waals surface area contributed by atoms with Crippen LogP contribution in [0.15, 0.2) is 0 Å². The van der Waals surface area contributed by atoms with Crippen LogP contribution in [0.5, 0.6) is 0 Å². The van der Waals surface area contributed by atoms with Crippen molar-refractivity contribution >= 4 is 0 Å². The molecule has 2 N–H and O–H groups in total. The van der Waals surface area contributed by atoms with Gasteiger partial charge in [0.25, 0.3) is 0 Å². The first-order chi connectivity index (χ1) is 8.13. The van der Waals surface area contributed by atoms with Gasteiger partial charge in [0.15, 0.2) is 0 Å². The fourth-order valence-electron chi connectivity index (χ4n) is 2.80. The normalized spacial score (nSPS) is 18.8. The summed E-state index contributed by atoms with van der Waals surface area (Å²) < 4.78 is 2.24. The number of aryl methyl sites for hydroxylation is 1. The van der Waals surface area contributed by atoms with Crippen LogP contribution in [0.2, 0.25) is 0 Å². The van der Waals surface area contributed by atoms with Gasteiger partial charge in [-0.15, -0.1) is 0 Å². The van der Waals surface area contributed by atoms with Gasteiger partial charge in [0.1, 0.15) is 0 Å². The Morgan fingerprint density at radius 2 is 1.94 bits per heavy atom. The van der Waals surface area contributed by atoms with Gasteiger partial charge < -0.3 is 10.6 Å². The summed E-state index contributed by atoms with van der Waals surface area (Å²) in [6, 6.07) is 0.580. The van der Waals surface area contributed by atoms with Crippen LogP contribution in [0.1, 0.15) is 35.8 Å². The maximum Gasteiger partial charge on any atom is 0.0629 e. The standard InChI is InChI=1S/C13H24N4/c1-10-13(4-7-14)11(2)17(15-10)12-5-8-16(3)9-6-12/h12H,4-9,14H2,1-3H3. The highest BCUT2D eigenvalue weighted by molar-refractivity contribution is 5.25. The number of nitrogens with two attached hydrogens (primary N) is 1. The number of hydrogen-bond donors (Lipinski definition) is 1. The minimum Gasteiger partial charge on any atom is -0.330 e. The molecule has 1 aliphatic rings. The Labute approximate surface area is 104 Å². The van der Waals surface area contributed by atoms with Crippen molar-refractivity contribution in [2.45, 2.75) is 39.2 Å². The summed E-state index contributed by atoms with van der Waals surface area (Å²) in [5, 5.41) is 4.72. The van der Waals surface area contributed by atoms with E-state index in [4.69, 9.17) is 10.8 Å². The number of likely N-dealkylation sites (tertiary alicyclic amines) is 1. The van der Waals surface area contributed by atoms with Crippen molar-refractivity contribution in [1.82, 2.24) is 14.7 Å². The second-order valence-corrected chi connectivity index (χ2v) is 5.17. The zero-order valence-electron chi connectivity index (χ0n) is 11.2. The third kappa shape index (κ3) is 2.53. The van der Waals surface area contributed by atoms with E-state index in [1.165, 1.54) is 37.2 Å². The van der Waals surface area contributed by atoms with Gasteiger partial charge in [0.2, 0.25) is 0 Å². The minimum absolute atomic E-state index is 0.580. The quantitative estimate of drug-likeness (QED) is 0.859. The van der Waals surface area contributed by atoms with E-state index in [0.29, 0.717) is 12.6 Å². The Morgan fingerprint density at radius 3 is 2.53 bits per heavy atom. The molecule has 0 atom stereocenters. The lowest BCUT2D eigenvalue weighted by Crippen LogP contribution is -2.32. The molecule has 0 unspecified atom stereocenters. The Kier molecular flexibility index (Phi) is 3.84. The molecule has 4 heteroatoms. The fourth-order valence-corrected chi connectivity index (χ4v) is 2.80. The second-order valence-electron chi connectivity index (χ2n) is 5.17. The van der Waals surface area contributed by atoms with E-state index in [1.807, 2.05) is 0 Å². The van der Waals surface area contributed by atoms with Gasteiger partial charge in [0, 0.05) is 5.69 Å². The molecule has 0 bridgehead atoms. The fraction of sp³-hybridized carbons (Fsp3) is 0.769. The van der Waals surface area contributed by atoms with Crippen molar-refractivity contribution in [2.75, 3.05) is 26.7 Å². The molecule has 4 nitrogen and oxygen atoms in total. The van der Waals surface area contributed by atoms with Crippen LogP contribution in [0.25, 0.3) is 0 Å². The predicted octanol–water partition coefficient (Wildman–Crippen LogP) is 1.27. The van der Waals surface area contributed by atoms with Crippen molar-refractivity contribution in [1.29, 1.82) is 0 Å². The molecule has 96 valence electrons. The summed E-state index contributed by atoms with van der Waals surface area (Å²) in [6.07, 6.45) is 3.37. The van der Waals surface area contributed by atoms with E-state index in [9.17, 15) is 0 Å². The molecule has 0 amide bonds. The number of rotatable bonds is 3. The smallest absolute Gasteiger partial charge is 0.0629 e.